The Labute approximate surface area is 123 Å². The van der Waals surface area contributed by atoms with E-state index in [9.17, 15) is 9.90 Å². The van der Waals surface area contributed by atoms with E-state index in [1.54, 1.807) is 19.2 Å². The molecule has 0 heterocycles. The fourth-order valence-corrected chi connectivity index (χ4v) is 2.24. The quantitative estimate of drug-likeness (QED) is 0.746. The topological polar surface area (TPSA) is 58.6 Å². The number of methoxy groups -OCH3 is 1. The summed E-state index contributed by atoms with van der Waals surface area (Å²) in [6.45, 7) is 1.12. The van der Waals surface area contributed by atoms with Crippen LogP contribution >= 0.6 is 31.9 Å². The zero-order valence-electron chi connectivity index (χ0n) is 9.95. The highest BCUT2D eigenvalue weighted by Crippen LogP contribution is 2.22. The molecule has 18 heavy (non-hydrogen) atoms. The molecule has 0 saturated heterocycles. The average molecular weight is 381 g/mol. The first-order valence-electron chi connectivity index (χ1n) is 5.44. The van der Waals surface area contributed by atoms with Gasteiger partial charge in [-0.05, 0) is 24.6 Å². The molecule has 1 rings (SSSR count). The predicted molar refractivity (Wildman–Crippen MR) is 77.3 cm³/mol. The lowest BCUT2D eigenvalue weighted by Gasteiger charge is -2.10. The molecule has 4 nitrogen and oxygen atoms in total. The van der Waals surface area contributed by atoms with Gasteiger partial charge in [-0.2, -0.15) is 0 Å². The van der Waals surface area contributed by atoms with Crippen LogP contribution in [-0.4, -0.2) is 36.1 Å². The van der Waals surface area contributed by atoms with Crippen LogP contribution < -0.4 is 5.32 Å². The average Bonchev–Trinajstić information content (AvgIpc) is 2.29. The summed E-state index contributed by atoms with van der Waals surface area (Å²) < 4.78 is 5.71. The number of hydrogen-bond donors (Lipinski definition) is 2. The third-order valence-corrected chi connectivity index (χ3v) is 3.51. The molecule has 6 heteroatoms. The van der Waals surface area contributed by atoms with E-state index in [1.807, 2.05) is 0 Å². The highest BCUT2D eigenvalue weighted by atomic mass is 79.9. The smallest absolute Gasteiger partial charge is 0.255 e. The maximum atomic E-state index is 11.8. The molecule has 0 saturated carbocycles. The molecule has 0 aliphatic heterocycles. The van der Waals surface area contributed by atoms with Crippen molar-refractivity contribution in [2.75, 3.05) is 20.3 Å². The van der Waals surface area contributed by atoms with Crippen LogP contribution in [0.15, 0.2) is 22.7 Å². The minimum atomic E-state index is -0.280. The number of rotatable bonds is 6. The zero-order chi connectivity index (χ0) is 13.5. The molecule has 0 fully saturated rings. The second-order valence-corrected chi connectivity index (χ2v) is 5.97. The number of benzene rings is 1. The zero-order valence-corrected chi connectivity index (χ0v) is 13.1. The molecule has 100 valence electrons. The summed E-state index contributed by atoms with van der Waals surface area (Å²) >= 11 is 6.66. The largest absolute Gasteiger partial charge is 0.507 e. The van der Waals surface area contributed by atoms with Gasteiger partial charge in [-0.15, -0.1) is 0 Å². The van der Waals surface area contributed by atoms with Crippen molar-refractivity contribution < 1.29 is 14.6 Å². The van der Waals surface area contributed by atoms with Gasteiger partial charge in [-0.1, -0.05) is 31.9 Å². The summed E-state index contributed by atoms with van der Waals surface area (Å²) in [4.78, 5) is 12.0. The number of alkyl halides is 1. The van der Waals surface area contributed by atoms with Gasteiger partial charge >= 0.3 is 0 Å². The predicted octanol–water partition coefficient (Wildman–Crippen LogP) is 2.68. The van der Waals surface area contributed by atoms with E-state index in [1.165, 1.54) is 6.07 Å². The van der Waals surface area contributed by atoms with Crippen LogP contribution in [0.2, 0.25) is 0 Å². The van der Waals surface area contributed by atoms with Gasteiger partial charge in [0.2, 0.25) is 0 Å². The summed E-state index contributed by atoms with van der Waals surface area (Å²) in [5, 5.41) is 12.4. The third kappa shape index (κ3) is 4.96. The SMILES string of the molecule is COCC(Br)CCNC(=O)c1ccc(Br)cc1O. The number of nitrogens with one attached hydrogen (secondary N) is 1. The van der Waals surface area contributed by atoms with E-state index in [0.717, 1.165) is 10.9 Å². The van der Waals surface area contributed by atoms with E-state index in [0.29, 0.717) is 13.2 Å². The van der Waals surface area contributed by atoms with Crippen molar-refractivity contribution in [2.24, 2.45) is 0 Å². The van der Waals surface area contributed by atoms with E-state index >= 15 is 0 Å². The molecular formula is C12H15Br2NO3. The Hall–Kier alpha value is -0.590. The Morgan fingerprint density at radius 2 is 2.28 bits per heavy atom. The maximum absolute atomic E-state index is 11.8. The van der Waals surface area contributed by atoms with E-state index in [4.69, 9.17) is 4.74 Å². The highest BCUT2D eigenvalue weighted by molar-refractivity contribution is 9.10. The van der Waals surface area contributed by atoms with Crippen molar-refractivity contribution in [3.05, 3.63) is 28.2 Å². The normalized spacial score (nSPS) is 12.2. The van der Waals surface area contributed by atoms with E-state index in [2.05, 4.69) is 37.2 Å². The number of hydrogen-bond acceptors (Lipinski definition) is 3. The lowest BCUT2D eigenvalue weighted by atomic mass is 10.2. The fraction of sp³-hybridized carbons (Fsp3) is 0.417. The third-order valence-electron chi connectivity index (χ3n) is 2.30. The molecule has 2 N–H and O–H groups in total. The lowest BCUT2D eigenvalue weighted by molar-refractivity contribution is 0.0949. The summed E-state index contributed by atoms with van der Waals surface area (Å²) in [5.41, 5.74) is 0.274. The number of carbonyl (C=O) groups is 1. The van der Waals surface area contributed by atoms with Crippen LogP contribution in [0, 0.1) is 0 Å². The van der Waals surface area contributed by atoms with Crippen molar-refractivity contribution >= 4 is 37.8 Å². The summed E-state index contributed by atoms with van der Waals surface area (Å²) in [6, 6.07) is 4.79. The Morgan fingerprint density at radius 1 is 1.56 bits per heavy atom. The number of carbonyl (C=O) groups excluding carboxylic acids is 1. The van der Waals surface area contributed by atoms with Gasteiger partial charge < -0.3 is 15.2 Å². The first-order chi connectivity index (χ1) is 8.54. The van der Waals surface area contributed by atoms with Crippen LogP contribution in [0.1, 0.15) is 16.8 Å². The molecule has 0 spiro atoms. The van der Waals surface area contributed by atoms with Crippen molar-refractivity contribution in [3.63, 3.8) is 0 Å². The molecule has 0 aliphatic rings. The highest BCUT2D eigenvalue weighted by Gasteiger charge is 2.11. The lowest BCUT2D eigenvalue weighted by Crippen LogP contribution is -2.26. The van der Waals surface area contributed by atoms with Crippen LogP contribution in [0.25, 0.3) is 0 Å². The van der Waals surface area contributed by atoms with Crippen LogP contribution in [-0.2, 0) is 4.74 Å². The van der Waals surface area contributed by atoms with E-state index in [-0.39, 0.29) is 22.0 Å². The first kappa shape index (κ1) is 15.5. The van der Waals surface area contributed by atoms with Gasteiger partial charge in [0, 0.05) is 23.0 Å². The fourth-order valence-electron chi connectivity index (χ4n) is 1.40. The van der Waals surface area contributed by atoms with Crippen molar-refractivity contribution in [1.29, 1.82) is 0 Å². The molecule has 1 unspecified atom stereocenters. The minimum absolute atomic E-state index is 0.0332. The van der Waals surface area contributed by atoms with Crippen molar-refractivity contribution in [1.82, 2.24) is 5.32 Å². The molecular weight excluding hydrogens is 366 g/mol. The Balaban J connectivity index is 2.45. The van der Waals surface area contributed by atoms with Crippen LogP contribution in [0.4, 0.5) is 0 Å². The van der Waals surface area contributed by atoms with Gasteiger partial charge in [0.25, 0.3) is 5.91 Å². The Morgan fingerprint density at radius 3 is 2.89 bits per heavy atom. The second-order valence-electron chi connectivity index (χ2n) is 3.76. The molecule has 1 atom stereocenters. The number of amides is 1. The van der Waals surface area contributed by atoms with Crippen molar-refractivity contribution in [3.8, 4) is 5.75 Å². The van der Waals surface area contributed by atoms with Crippen LogP contribution in [0.5, 0.6) is 5.75 Å². The minimum Gasteiger partial charge on any atom is -0.507 e. The van der Waals surface area contributed by atoms with E-state index < -0.39 is 0 Å². The number of ether oxygens (including phenoxy) is 1. The molecule has 0 aliphatic carbocycles. The number of phenols is 1. The first-order valence-corrected chi connectivity index (χ1v) is 7.15. The molecule has 0 radical (unpaired) electrons. The Kier molecular flexibility index (Phi) is 6.67. The summed E-state index contributed by atoms with van der Waals surface area (Å²) in [7, 11) is 1.63. The molecule has 1 aromatic rings. The number of phenolic OH excluding ortho intramolecular Hbond substituents is 1. The van der Waals surface area contributed by atoms with Gasteiger partial charge in [-0.25, -0.2) is 0 Å². The number of aromatic hydroxyl groups is 1. The van der Waals surface area contributed by atoms with Crippen molar-refractivity contribution in [2.45, 2.75) is 11.2 Å². The number of halogens is 2. The standard InChI is InChI=1S/C12H15Br2NO3/c1-18-7-9(14)4-5-15-12(17)10-3-2-8(13)6-11(10)16/h2-3,6,9,16H,4-5,7H2,1H3,(H,15,17). The van der Waals surface area contributed by atoms with Gasteiger partial charge in [0.1, 0.15) is 5.75 Å². The maximum Gasteiger partial charge on any atom is 0.255 e. The molecule has 1 amide bonds. The molecule has 1 aromatic carbocycles. The molecule has 0 bridgehead atoms. The molecule has 0 aromatic heterocycles. The summed E-state index contributed by atoms with van der Waals surface area (Å²) in [6.07, 6.45) is 0.761. The van der Waals surface area contributed by atoms with Gasteiger partial charge in [0.05, 0.1) is 12.2 Å². The van der Waals surface area contributed by atoms with Gasteiger partial charge in [-0.3, -0.25) is 4.79 Å². The van der Waals surface area contributed by atoms with Crippen LogP contribution in [0.3, 0.4) is 0 Å². The second kappa shape index (κ2) is 7.76. The monoisotopic (exact) mass is 379 g/mol. The summed E-state index contributed by atoms with van der Waals surface area (Å²) in [5.74, 6) is -0.314. The Bertz CT molecular complexity index is 412. The van der Waals surface area contributed by atoms with Gasteiger partial charge in [0.15, 0.2) is 0 Å².